The minimum Gasteiger partial charge on any atom is -0.375 e. The van der Waals surface area contributed by atoms with Gasteiger partial charge in [-0.3, -0.25) is 0 Å². The van der Waals surface area contributed by atoms with E-state index in [4.69, 9.17) is 4.74 Å². The molecule has 0 bridgehead atoms. The Kier molecular flexibility index (Phi) is 6.24. The summed E-state index contributed by atoms with van der Waals surface area (Å²) in [7, 11) is 0. The topological polar surface area (TPSA) is 9.23 Å². The molecule has 0 N–H and O–H groups in total. The lowest BCUT2D eigenvalue weighted by atomic mass is 10.2. The van der Waals surface area contributed by atoms with E-state index >= 15 is 0 Å². The molecular formula is C10H20O. The Morgan fingerprint density at radius 1 is 1.55 bits per heavy atom. The highest BCUT2D eigenvalue weighted by molar-refractivity contribution is 4.68. The molecule has 11 heavy (non-hydrogen) atoms. The average Bonchev–Trinajstić information content (AvgIpc) is 2.37. The first-order chi connectivity index (χ1) is 5.24. The summed E-state index contributed by atoms with van der Waals surface area (Å²) in [5.74, 6) is 0. The van der Waals surface area contributed by atoms with Gasteiger partial charge in [0.05, 0.1) is 12.2 Å². The van der Waals surface area contributed by atoms with E-state index < -0.39 is 0 Å². The van der Waals surface area contributed by atoms with Gasteiger partial charge >= 0.3 is 0 Å². The Balaban J connectivity index is 0.000000292. The van der Waals surface area contributed by atoms with E-state index in [1.807, 2.05) is 6.92 Å². The van der Waals surface area contributed by atoms with Crippen LogP contribution in [-0.2, 0) is 4.74 Å². The van der Waals surface area contributed by atoms with Crippen LogP contribution in [0.4, 0.5) is 0 Å². The van der Waals surface area contributed by atoms with Crippen molar-refractivity contribution in [2.45, 2.75) is 52.2 Å². The number of hydrogen-bond donors (Lipinski definition) is 0. The Bertz CT molecular complexity index is 99.0. The lowest BCUT2D eigenvalue weighted by molar-refractivity contribution is 0.0540. The minimum atomic E-state index is 0.528. The summed E-state index contributed by atoms with van der Waals surface area (Å²) in [6, 6.07) is 0. The van der Waals surface area contributed by atoms with Crippen LogP contribution in [0.15, 0.2) is 12.7 Å². The summed E-state index contributed by atoms with van der Waals surface area (Å²) in [6.45, 7) is 9.58. The maximum atomic E-state index is 5.51. The van der Waals surface area contributed by atoms with Crippen LogP contribution in [0.5, 0.6) is 0 Å². The normalized spacial score (nSPS) is 29.0. The van der Waals surface area contributed by atoms with Crippen LogP contribution in [0.1, 0.15) is 40.0 Å². The lowest BCUT2D eigenvalue weighted by Crippen LogP contribution is -2.05. The van der Waals surface area contributed by atoms with E-state index in [1.54, 1.807) is 6.08 Å². The van der Waals surface area contributed by atoms with Gasteiger partial charge in [-0.1, -0.05) is 13.0 Å². The van der Waals surface area contributed by atoms with Crippen LogP contribution in [0.25, 0.3) is 0 Å². The average molecular weight is 156 g/mol. The molecule has 0 spiro atoms. The van der Waals surface area contributed by atoms with Gasteiger partial charge in [0.2, 0.25) is 0 Å². The molecule has 1 saturated heterocycles. The zero-order chi connectivity index (χ0) is 8.69. The van der Waals surface area contributed by atoms with E-state index in [9.17, 15) is 0 Å². The molecule has 0 saturated carbocycles. The molecule has 1 aliphatic rings. The maximum absolute atomic E-state index is 5.51. The number of rotatable bonds is 1. The van der Waals surface area contributed by atoms with Crippen molar-refractivity contribution in [3.8, 4) is 0 Å². The van der Waals surface area contributed by atoms with Crippen molar-refractivity contribution >= 4 is 0 Å². The third-order valence-corrected chi connectivity index (χ3v) is 1.78. The van der Waals surface area contributed by atoms with E-state index in [0.29, 0.717) is 12.2 Å². The summed E-state index contributed by atoms with van der Waals surface area (Å²) in [5.41, 5.74) is 0. The molecule has 1 heterocycles. The predicted molar refractivity (Wildman–Crippen MR) is 49.7 cm³/mol. The minimum absolute atomic E-state index is 0.528. The first-order valence-electron chi connectivity index (χ1n) is 4.47. The maximum Gasteiger partial charge on any atom is 0.0577 e. The molecular weight excluding hydrogens is 136 g/mol. The smallest absolute Gasteiger partial charge is 0.0577 e. The lowest BCUT2D eigenvalue weighted by Gasteiger charge is -2.05. The second-order valence-electron chi connectivity index (χ2n) is 2.96. The fourth-order valence-electron chi connectivity index (χ4n) is 1.19. The molecule has 0 aromatic carbocycles. The van der Waals surface area contributed by atoms with E-state index in [-0.39, 0.29) is 0 Å². The fourth-order valence-corrected chi connectivity index (χ4v) is 1.19. The molecule has 1 unspecified atom stereocenters. The summed E-state index contributed by atoms with van der Waals surface area (Å²) in [5, 5.41) is 0. The van der Waals surface area contributed by atoms with Crippen molar-refractivity contribution in [3.05, 3.63) is 12.7 Å². The molecule has 66 valence electrons. The zero-order valence-electron chi connectivity index (χ0n) is 7.97. The van der Waals surface area contributed by atoms with Gasteiger partial charge in [-0.2, -0.15) is 0 Å². The van der Waals surface area contributed by atoms with Crippen LogP contribution in [0, 0.1) is 0 Å². The quantitative estimate of drug-likeness (QED) is 0.530. The molecule has 0 radical (unpaired) electrons. The predicted octanol–water partition coefficient (Wildman–Crippen LogP) is 3.16. The van der Waals surface area contributed by atoms with E-state index in [2.05, 4.69) is 20.4 Å². The molecule has 1 rings (SSSR count). The highest BCUT2D eigenvalue weighted by Gasteiger charge is 2.18. The van der Waals surface area contributed by atoms with Gasteiger partial charge in [0.25, 0.3) is 0 Å². The van der Waals surface area contributed by atoms with Gasteiger partial charge in [0.1, 0.15) is 0 Å². The van der Waals surface area contributed by atoms with Crippen molar-refractivity contribution in [3.63, 3.8) is 0 Å². The van der Waals surface area contributed by atoms with Crippen molar-refractivity contribution in [2.24, 2.45) is 0 Å². The Morgan fingerprint density at radius 3 is 2.27 bits per heavy atom. The third-order valence-electron chi connectivity index (χ3n) is 1.78. The van der Waals surface area contributed by atoms with Crippen LogP contribution in [0.2, 0.25) is 0 Å². The molecule has 2 atom stereocenters. The number of hydrogen-bond acceptors (Lipinski definition) is 1. The molecule has 0 amide bonds. The van der Waals surface area contributed by atoms with Gasteiger partial charge < -0.3 is 4.74 Å². The van der Waals surface area contributed by atoms with Gasteiger partial charge in [0.15, 0.2) is 0 Å². The second-order valence-corrected chi connectivity index (χ2v) is 2.96. The zero-order valence-corrected chi connectivity index (χ0v) is 7.97. The standard InChI is InChI=1S/C7H14O.C3H6/c1-3-7-5-4-6(2)8-7;1-3-2/h6-7H,3-5H2,1-2H3;3H,1H2,2H3/t6-,7?;/m0./s1. The second kappa shape index (κ2) is 6.41. The van der Waals surface area contributed by atoms with E-state index in [0.717, 1.165) is 0 Å². The monoisotopic (exact) mass is 156 g/mol. The molecule has 0 aliphatic carbocycles. The molecule has 1 heteroatoms. The Morgan fingerprint density at radius 2 is 2.09 bits per heavy atom. The van der Waals surface area contributed by atoms with Crippen molar-refractivity contribution in [2.75, 3.05) is 0 Å². The SMILES string of the molecule is C=CC.CCC1CC[C@H](C)O1. The molecule has 0 aromatic rings. The molecule has 1 fully saturated rings. The van der Waals surface area contributed by atoms with Crippen molar-refractivity contribution in [1.29, 1.82) is 0 Å². The first-order valence-corrected chi connectivity index (χ1v) is 4.47. The van der Waals surface area contributed by atoms with Gasteiger partial charge in [0, 0.05) is 0 Å². The summed E-state index contributed by atoms with van der Waals surface area (Å²) in [4.78, 5) is 0. The first kappa shape index (κ1) is 10.7. The number of ether oxygens (including phenoxy) is 1. The third kappa shape index (κ3) is 5.02. The molecule has 1 aliphatic heterocycles. The number of allylic oxidation sites excluding steroid dienone is 1. The molecule has 0 aromatic heterocycles. The molecule has 1 nitrogen and oxygen atoms in total. The van der Waals surface area contributed by atoms with Gasteiger partial charge in [-0.15, -0.1) is 6.58 Å². The Hall–Kier alpha value is -0.300. The largest absolute Gasteiger partial charge is 0.375 e. The highest BCUT2D eigenvalue weighted by Crippen LogP contribution is 2.20. The summed E-state index contributed by atoms with van der Waals surface area (Å²) >= 11 is 0. The van der Waals surface area contributed by atoms with Crippen molar-refractivity contribution < 1.29 is 4.74 Å². The highest BCUT2D eigenvalue weighted by atomic mass is 16.5. The summed E-state index contributed by atoms with van der Waals surface area (Å²) in [6.07, 6.45) is 6.57. The van der Waals surface area contributed by atoms with E-state index in [1.165, 1.54) is 19.3 Å². The van der Waals surface area contributed by atoms with Gasteiger partial charge in [-0.05, 0) is 33.1 Å². The fraction of sp³-hybridized carbons (Fsp3) is 0.800. The van der Waals surface area contributed by atoms with Crippen LogP contribution >= 0.6 is 0 Å². The summed E-state index contributed by atoms with van der Waals surface area (Å²) < 4.78 is 5.51. The Labute approximate surface area is 70.4 Å². The van der Waals surface area contributed by atoms with Gasteiger partial charge in [-0.25, -0.2) is 0 Å². The van der Waals surface area contributed by atoms with Crippen LogP contribution in [0.3, 0.4) is 0 Å². The van der Waals surface area contributed by atoms with Crippen molar-refractivity contribution in [1.82, 2.24) is 0 Å². The van der Waals surface area contributed by atoms with Crippen LogP contribution < -0.4 is 0 Å². The van der Waals surface area contributed by atoms with Crippen LogP contribution in [-0.4, -0.2) is 12.2 Å².